The average Bonchev–Trinajstić information content (AvgIpc) is 2.99. The number of piperidine rings is 1. The van der Waals surface area contributed by atoms with Crippen LogP contribution < -0.4 is 5.32 Å². The molecule has 0 atom stereocenters. The van der Waals surface area contributed by atoms with Crippen LogP contribution in [-0.4, -0.2) is 29.0 Å². The molecule has 0 aliphatic carbocycles. The maximum absolute atomic E-state index is 12.1. The third-order valence-electron chi connectivity index (χ3n) is 3.87. The first-order chi connectivity index (χ1) is 10.7. The maximum Gasteiger partial charge on any atom is 0.291 e. The fourth-order valence-corrected chi connectivity index (χ4v) is 2.69. The van der Waals surface area contributed by atoms with Gasteiger partial charge in [-0.1, -0.05) is 18.6 Å². The number of nitrogens with zero attached hydrogens (tertiary/aromatic N) is 1. The molecule has 2 aromatic rings. The summed E-state index contributed by atoms with van der Waals surface area (Å²) in [7, 11) is 0. The van der Waals surface area contributed by atoms with Gasteiger partial charge in [0.1, 0.15) is 11.5 Å². The predicted octanol–water partition coefficient (Wildman–Crippen LogP) is 3.22. The molecule has 2 heterocycles. The van der Waals surface area contributed by atoms with Gasteiger partial charge in [0, 0.05) is 0 Å². The molecule has 1 fully saturated rings. The number of carbonyl (C=O) groups is 1. The Labute approximate surface area is 129 Å². The number of carbonyl (C=O) groups excluding carboxylic acids is 1. The molecule has 5 nitrogen and oxygen atoms in total. The van der Waals surface area contributed by atoms with Crippen LogP contribution in [0.5, 0.6) is 5.75 Å². The quantitative estimate of drug-likeness (QED) is 0.851. The highest BCUT2D eigenvalue weighted by Crippen LogP contribution is 2.23. The van der Waals surface area contributed by atoms with Crippen LogP contribution in [0.4, 0.5) is 5.69 Å². The minimum Gasteiger partial charge on any atom is -0.506 e. The Balaban J connectivity index is 1.63. The third kappa shape index (κ3) is 3.49. The van der Waals surface area contributed by atoms with Gasteiger partial charge in [0.05, 0.1) is 12.2 Å². The zero-order valence-corrected chi connectivity index (χ0v) is 12.4. The minimum atomic E-state index is -0.355. The monoisotopic (exact) mass is 300 g/mol. The molecule has 1 saturated heterocycles. The van der Waals surface area contributed by atoms with Gasteiger partial charge < -0.3 is 14.8 Å². The number of benzene rings is 1. The highest BCUT2D eigenvalue weighted by atomic mass is 16.4. The van der Waals surface area contributed by atoms with Crippen LogP contribution in [0.1, 0.15) is 35.6 Å². The fraction of sp³-hybridized carbons (Fsp3) is 0.353. The fourth-order valence-electron chi connectivity index (χ4n) is 2.69. The lowest BCUT2D eigenvalue weighted by Crippen LogP contribution is -2.28. The summed E-state index contributed by atoms with van der Waals surface area (Å²) in [4.78, 5) is 14.5. The Morgan fingerprint density at radius 3 is 2.68 bits per heavy atom. The first kappa shape index (κ1) is 14.7. The molecule has 22 heavy (non-hydrogen) atoms. The second-order valence-corrected chi connectivity index (χ2v) is 5.57. The van der Waals surface area contributed by atoms with Crippen molar-refractivity contribution in [2.24, 2.45) is 0 Å². The Bertz CT molecular complexity index is 645. The van der Waals surface area contributed by atoms with Crippen molar-refractivity contribution in [3.8, 4) is 5.75 Å². The van der Waals surface area contributed by atoms with Gasteiger partial charge in [-0.3, -0.25) is 9.69 Å². The molecule has 1 amide bonds. The second kappa shape index (κ2) is 6.66. The number of likely N-dealkylation sites (tertiary alicyclic amines) is 1. The Morgan fingerprint density at radius 2 is 1.91 bits per heavy atom. The van der Waals surface area contributed by atoms with Crippen molar-refractivity contribution < 1.29 is 14.3 Å². The summed E-state index contributed by atoms with van der Waals surface area (Å²) in [6, 6.07) is 10.1. The number of phenolic OH excluding ortho intramolecular Hbond substituents is 1. The van der Waals surface area contributed by atoms with Crippen LogP contribution >= 0.6 is 0 Å². The van der Waals surface area contributed by atoms with E-state index in [1.165, 1.54) is 25.3 Å². The molecule has 0 spiro atoms. The summed E-state index contributed by atoms with van der Waals surface area (Å²) in [5.41, 5.74) is 0.376. The molecular weight excluding hydrogens is 280 g/mol. The number of para-hydroxylation sites is 2. The van der Waals surface area contributed by atoms with E-state index in [0.29, 0.717) is 5.69 Å². The lowest BCUT2D eigenvalue weighted by atomic mass is 10.1. The Morgan fingerprint density at radius 1 is 1.14 bits per heavy atom. The summed E-state index contributed by atoms with van der Waals surface area (Å²) < 4.78 is 5.62. The number of nitrogens with one attached hydrogen (secondary N) is 1. The molecule has 0 bridgehead atoms. The molecule has 0 saturated carbocycles. The molecule has 1 aromatic carbocycles. The molecule has 1 aliphatic rings. The summed E-state index contributed by atoms with van der Waals surface area (Å²) in [6.45, 7) is 2.91. The lowest BCUT2D eigenvalue weighted by Gasteiger charge is -2.25. The van der Waals surface area contributed by atoms with E-state index in [-0.39, 0.29) is 17.4 Å². The summed E-state index contributed by atoms with van der Waals surface area (Å²) in [5, 5.41) is 12.3. The van der Waals surface area contributed by atoms with Crippen molar-refractivity contribution in [3.63, 3.8) is 0 Å². The van der Waals surface area contributed by atoms with Crippen LogP contribution in [0.15, 0.2) is 40.8 Å². The molecule has 0 radical (unpaired) electrons. The van der Waals surface area contributed by atoms with Crippen LogP contribution in [0, 0.1) is 0 Å². The number of hydrogen-bond acceptors (Lipinski definition) is 4. The lowest BCUT2D eigenvalue weighted by molar-refractivity contribution is 0.0991. The van der Waals surface area contributed by atoms with Crippen LogP contribution in [0.3, 0.4) is 0 Å². The average molecular weight is 300 g/mol. The molecular formula is C17H20N2O3. The largest absolute Gasteiger partial charge is 0.506 e. The van der Waals surface area contributed by atoms with Gasteiger partial charge in [0.25, 0.3) is 5.91 Å². The highest BCUT2D eigenvalue weighted by Gasteiger charge is 2.16. The standard InChI is InChI=1S/C17H20N2O3/c20-15-7-3-2-6-14(15)18-17(21)16-9-8-13(22-16)12-19-10-4-1-5-11-19/h2-3,6-9,20H,1,4-5,10-12H2,(H,18,21). The number of rotatable bonds is 4. The Hall–Kier alpha value is -2.27. The number of hydrogen-bond donors (Lipinski definition) is 2. The molecule has 5 heteroatoms. The predicted molar refractivity (Wildman–Crippen MR) is 83.9 cm³/mol. The topological polar surface area (TPSA) is 65.7 Å². The van der Waals surface area contributed by atoms with Crippen molar-refractivity contribution in [2.75, 3.05) is 18.4 Å². The molecule has 1 aliphatic heterocycles. The zero-order chi connectivity index (χ0) is 15.4. The van der Waals surface area contributed by atoms with Crippen LogP contribution in [0.2, 0.25) is 0 Å². The van der Waals surface area contributed by atoms with E-state index in [2.05, 4.69) is 10.2 Å². The molecule has 0 unspecified atom stereocenters. The zero-order valence-electron chi connectivity index (χ0n) is 12.4. The Kier molecular flexibility index (Phi) is 4.44. The smallest absolute Gasteiger partial charge is 0.291 e. The van der Waals surface area contributed by atoms with Gasteiger partial charge in [0.2, 0.25) is 0 Å². The number of phenols is 1. The third-order valence-corrected chi connectivity index (χ3v) is 3.87. The van der Waals surface area contributed by atoms with E-state index >= 15 is 0 Å². The van der Waals surface area contributed by atoms with Crippen molar-refractivity contribution in [1.29, 1.82) is 0 Å². The van der Waals surface area contributed by atoms with Crippen molar-refractivity contribution in [2.45, 2.75) is 25.8 Å². The van der Waals surface area contributed by atoms with Gasteiger partial charge in [-0.25, -0.2) is 0 Å². The van der Waals surface area contributed by atoms with Gasteiger partial charge >= 0.3 is 0 Å². The molecule has 2 N–H and O–H groups in total. The van der Waals surface area contributed by atoms with Gasteiger partial charge in [0.15, 0.2) is 5.76 Å². The molecule has 1 aromatic heterocycles. The van der Waals surface area contributed by atoms with Crippen LogP contribution in [0.25, 0.3) is 0 Å². The van der Waals surface area contributed by atoms with E-state index < -0.39 is 0 Å². The minimum absolute atomic E-state index is 0.0379. The van der Waals surface area contributed by atoms with E-state index in [0.717, 1.165) is 25.4 Å². The number of aromatic hydroxyl groups is 1. The first-order valence-corrected chi connectivity index (χ1v) is 7.63. The molecule has 3 rings (SSSR count). The van der Waals surface area contributed by atoms with Crippen molar-refractivity contribution in [1.82, 2.24) is 4.90 Å². The van der Waals surface area contributed by atoms with Crippen molar-refractivity contribution >= 4 is 11.6 Å². The van der Waals surface area contributed by atoms with Gasteiger partial charge in [-0.15, -0.1) is 0 Å². The summed E-state index contributed by atoms with van der Waals surface area (Å²) in [6.07, 6.45) is 3.74. The summed E-state index contributed by atoms with van der Waals surface area (Å²) in [5.74, 6) is 0.738. The van der Waals surface area contributed by atoms with Crippen LogP contribution in [-0.2, 0) is 6.54 Å². The van der Waals surface area contributed by atoms with E-state index in [1.807, 2.05) is 6.07 Å². The summed E-state index contributed by atoms with van der Waals surface area (Å²) >= 11 is 0. The number of anilines is 1. The molecule has 116 valence electrons. The van der Waals surface area contributed by atoms with E-state index in [4.69, 9.17) is 4.42 Å². The first-order valence-electron chi connectivity index (χ1n) is 7.63. The van der Waals surface area contributed by atoms with Gasteiger partial charge in [-0.2, -0.15) is 0 Å². The SMILES string of the molecule is O=C(Nc1ccccc1O)c1ccc(CN2CCCCC2)o1. The van der Waals surface area contributed by atoms with Crippen molar-refractivity contribution in [3.05, 3.63) is 47.9 Å². The van der Waals surface area contributed by atoms with Gasteiger partial charge in [-0.05, 0) is 50.2 Å². The number of amides is 1. The highest BCUT2D eigenvalue weighted by molar-refractivity contribution is 6.03. The number of furan rings is 1. The van der Waals surface area contributed by atoms with E-state index in [1.54, 1.807) is 24.3 Å². The normalized spacial score (nSPS) is 15.6. The second-order valence-electron chi connectivity index (χ2n) is 5.57. The van der Waals surface area contributed by atoms with E-state index in [9.17, 15) is 9.90 Å². The maximum atomic E-state index is 12.1.